The molecule has 2 amide bonds. The molecule has 2 fully saturated rings. The van der Waals surface area contributed by atoms with Gasteiger partial charge in [-0.05, 0) is 53.5 Å². The van der Waals surface area contributed by atoms with Crippen LogP contribution in [0.15, 0.2) is 103 Å². The summed E-state index contributed by atoms with van der Waals surface area (Å²) in [5, 5.41) is 7.36. The number of ether oxygens (including phenoxy) is 1. The highest BCUT2D eigenvalue weighted by Gasteiger charge is 2.30. The molecule has 1 aliphatic heterocycles. The van der Waals surface area contributed by atoms with Gasteiger partial charge in [-0.1, -0.05) is 129 Å². The highest BCUT2D eigenvalue weighted by Crippen LogP contribution is 2.44. The molecule has 5 aromatic rings. The number of likely N-dealkylation sites (tertiary alicyclic amines) is 1. The molecule has 1 saturated carbocycles. The number of aromatic nitrogens is 1. The second-order valence-corrected chi connectivity index (χ2v) is 14.8. The maximum absolute atomic E-state index is 14.2. The molecule has 8 rings (SSSR count). The first-order valence-corrected chi connectivity index (χ1v) is 19.2. The minimum atomic E-state index is -0.363. The van der Waals surface area contributed by atoms with Crippen molar-refractivity contribution in [3.63, 3.8) is 0 Å². The SMILES string of the molecule is O=C(NC1CCN(Cc2c(-c3ccccc3)nc3ccccc3c2C(=O)NCCC2CCCCC2)CC1)OCC1c2ccccc2-c2ccccc21. The molecule has 0 unspecified atom stereocenters. The van der Waals surface area contributed by atoms with Gasteiger partial charge in [-0.2, -0.15) is 0 Å². The predicted octanol–water partition coefficient (Wildman–Crippen LogP) is 9.11. The topological polar surface area (TPSA) is 83.6 Å². The average Bonchev–Trinajstić information content (AvgIpc) is 3.51. The van der Waals surface area contributed by atoms with E-state index in [2.05, 4.69) is 76.2 Å². The molecule has 1 aromatic heterocycles. The zero-order valence-corrected chi connectivity index (χ0v) is 29.9. The highest BCUT2D eigenvalue weighted by atomic mass is 16.5. The van der Waals surface area contributed by atoms with Gasteiger partial charge in [0.05, 0.1) is 16.8 Å². The summed E-state index contributed by atoms with van der Waals surface area (Å²) >= 11 is 0. The smallest absolute Gasteiger partial charge is 0.407 e. The Morgan fingerprint density at radius 3 is 2.13 bits per heavy atom. The van der Waals surface area contributed by atoms with Crippen LogP contribution >= 0.6 is 0 Å². The molecule has 7 heteroatoms. The van der Waals surface area contributed by atoms with Gasteiger partial charge in [0.2, 0.25) is 0 Å². The fourth-order valence-corrected chi connectivity index (χ4v) is 8.72. The van der Waals surface area contributed by atoms with Crippen molar-refractivity contribution in [2.45, 2.75) is 69.9 Å². The Hall–Kier alpha value is -5.01. The molecule has 52 heavy (non-hydrogen) atoms. The van der Waals surface area contributed by atoms with Gasteiger partial charge in [-0.3, -0.25) is 9.69 Å². The number of alkyl carbamates (subject to hydrolysis) is 1. The van der Waals surface area contributed by atoms with E-state index in [0.29, 0.717) is 25.6 Å². The molecule has 0 radical (unpaired) electrons. The molecule has 0 bridgehead atoms. The van der Waals surface area contributed by atoms with Crippen LogP contribution in [0.3, 0.4) is 0 Å². The molecule has 2 heterocycles. The number of nitrogens with one attached hydrogen (secondary N) is 2. The van der Waals surface area contributed by atoms with Gasteiger partial charge in [-0.25, -0.2) is 9.78 Å². The van der Waals surface area contributed by atoms with E-state index in [9.17, 15) is 9.59 Å². The van der Waals surface area contributed by atoms with E-state index >= 15 is 0 Å². The van der Waals surface area contributed by atoms with Crippen molar-refractivity contribution in [2.75, 3.05) is 26.2 Å². The number of piperidine rings is 1. The Kier molecular flexibility index (Phi) is 10.3. The minimum absolute atomic E-state index is 0.0200. The summed E-state index contributed by atoms with van der Waals surface area (Å²) in [5.74, 6) is 0.715. The molecule has 4 aromatic carbocycles. The second-order valence-electron chi connectivity index (χ2n) is 14.8. The maximum atomic E-state index is 14.2. The molecular formula is C45H48N4O3. The maximum Gasteiger partial charge on any atom is 0.407 e. The summed E-state index contributed by atoms with van der Waals surface area (Å²) in [6.07, 6.45) is 8.74. The lowest BCUT2D eigenvalue weighted by Gasteiger charge is -2.33. The van der Waals surface area contributed by atoms with Gasteiger partial charge >= 0.3 is 6.09 Å². The van der Waals surface area contributed by atoms with Crippen LogP contribution in [0, 0.1) is 5.92 Å². The van der Waals surface area contributed by atoms with Crippen molar-refractivity contribution in [2.24, 2.45) is 5.92 Å². The number of benzene rings is 4. The molecule has 0 atom stereocenters. The third-order valence-electron chi connectivity index (χ3n) is 11.5. The number of hydrogen-bond acceptors (Lipinski definition) is 5. The lowest BCUT2D eigenvalue weighted by molar-refractivity contribution is 0.0948. The number of pyridine rings is 1. The standard InChI is InChI=1S/C45H48N4O3/c50-44(46-26-23-31-13-3-1-4-14-31)42-38-21-11-12-22-41(38)48-43(32-15-5-2-6-16-32)39(42)29-49-27-24-33(25-28-49)47-45(51)52-30-40-36-19-9-7-17-34(36)35-18-8-10-20-37(35)40/h2,5-12,15-22,31,33,40H,1,3-4,13-14,23-30H2,(H,46,50)(H,47,51). The number of hydrogen-bond donors (Lipinski definition) is 2. The van der Waals surface area contributed by atoms with Crippen molar-refractivity contribution in [3.8, 4) is 22.4 Å². The third kappa shape index (κ3) is 7.33. The van der Waals surface area contributed by atoms with Gasteiger partial charge in [0.15, 0.2) is 0 Å². The van der Waals surface area contributed by atoms with Crippen LogP contribution in [0.25, 0.3) is 33.3 Å². The molecule has 3 aliphatic rings. The number of fused-ring (bicyclic) bond motifs is 4. The lowest BCUT2D eigenvalue weighted by atomic mass is 9.87. The molecule has 2 N–H and O–H groups in total. The fraction of sp³-hybridized carbons (Fsp3) is 0.356. The van der Waals surface area contributed by atoms with Crippen molar-refractivity contribution in [3.05, 3.63) is 125 Å². The van der Waals surface area contributed by atoms with Crippen LogP contribution in [0.1, 0.15) is 84.3 Å². The first-order valence-electron chi connectivity index (χ1n) is 19.2. The number of nitrogens with zero attached hydrogens (tertiary/aromatic N) is 2. The second kappa shape index (κ2) is 15.7. The summed E-state index contributed by atoms with van der Waals surface area (Å²) < 4.78 is 5.87. The zero-order valence-electron chi connectivity index (χ0n) is 29.9. The predicted molar refractivity (Wildman–Crippen MR) is 207 cm³/mol. The summed E-state index contributed by atoms with van der Waals surface area (Å²) in [6.45, 7) is 3.18. The lowest BCUT2D eigenvalue weighted by Crippen LogP contribution is -2.45. The van der Waals surface area contributed by atoms with Gasteiger partial charge in [-0.15, -0.1) is 0 Å². The number of amides is 2. The summed E-state index contributed by atoms with van der Waals surface area (Å²) in [5.41, 5.74) is 9.24. The fourth-order valence-electron chi connectivity index (χ4n) is 8.72. The molecule has 0 spiro atoms. The monoisotopic (exact) mass is 692 g/mol. The minimum Gasteiger partial charge on any atom is -0.449 e. The van der Waals surface area contributed by atoms with Crippen LogP contribution in [0.4, 0.5) is 4.79 Å². The van der Waals surface area contributed by atoms with E-state index in [1.807, 2.05) is 42.5 Å². The van der Waals surface area contributed by atoms with Gasteiger partial charge < -0.3 is 15.4 Å². The molecule has 2 aliphatic carbocycles. The normalized spacial score (nSPS) is 16.7. The summed E-state index contributed by atoms with van der Waals surface area (Å²) in [4.78, 5) is 34.9. The number of carbonyl (C=O) groups is 2. The van der Waals surface area contributed by atoms with E-state index in [1.54, 1.807) is 0 Å². The molecular weight excluding hydrogens is 645 g/mol. The van der Waals surface area contributed by atoms with E-state index < -0.39 is 0 Å². The van der Waals surface area contributed by atoms with Crippen LogP contribution in [0.5, 0.6) is 0 Å². The third-order valence-corrected chi connectivity index (χ3v) is 11.5. The van der Waals surface area contributed by atoms with Crippen LogP contribution in [-0.2, 0) is 11.3 Å². The first-order chi connectivity index (χ1) is 25.6. The number of para-hydroxylation sites is 1. The molecule has 266 valence electrons. The van der Waals surface area contributed by atoms with Crippen molar-refractivity contribution >= 4 is 22.9 Å². The molecule has 1 saturated heterocycles. The van der Waals surface area contributed by atoms with Crippen LogP contribution < -0.4 is 10.6 Å². The van der Waals surface area contributed by atoms with E-state index in [4.69, 9.17) is 9.72 Å². The number of carbonyl (C=O) groups excluding carboxylic acids is 2. The van der Waals surface area contributed by atoms with E-state index in [1.165, 1.54) is 54.4 Å². The average molecular weight is 693 g/mol. The quantitative estimate of drug-likeness (QED) is 0.153. The van der Waals surface area contributed by atoms with Crippen LogP contribution in [-0.4, -0.2) is 54.2 Å². The van der Waals surface area contributed by atoms with Gasteiger partial charge in [0.25, 0.3) is 5.91 Å². The van der Waals surface area contributed by atoms with E-state index in [-0.39, 0.29) is 24.0 Å². The zero-order chi connectivity index (χ0) is 35.3. The Bertz CT molecular complexity index is 1990. The van der Waals surface area contributed by atoms with Crippen molar-refractivity contribution in [1.29, 1.82) is 0 Å². The van der Waals surface area contributed by atoms with Gasteiger partial charge in [0.1, 0.15) is 6.61 Å². The summed E-state index contributed by atoms with van der Waals surface area (Å²) in [7, 11) is 0. The van der Waals surface area contributed by atoms with Crippen molar-refractivity contribution in [1.82, 2.24) is 20.5 Å². The highest BCUT2D eigenvalue weighted by molar-refractivity contribution is 6.09. The Morgan fingerprint density at radius 2 is 1.40 bits per heavy atom. The molecule has 7 nitrogen and oxygen atoms in total. The van der Waals surface area contributed by atoms with E-state index in [0.717, 1.165) is 65.6 Å². The summed E-state index contributed by atoms with van der Waals surface area (Å²) in [6, 6.07) is 35.1. The van der Waals surface area contributed by atoms with Crippen LogP contribution in [0.2, 0.25) is 0 Å². The van der Waals surface area contributed by atoms with Gasteiger partial charge in [0, 0.05) is 54.7 Å². The Labute approximate surface area is 306 Å². The Morgan fingerprint density at radius 1 is 0.750 bits per heavy atom. The largest absolute Gasteiger partial charge is 0.449 e. The van der Waals surface area contributed by atoms with Crippen molar-refractivity contribution < 1.29 is 14.3 Å². The first kappa shape index (κ1) is 34.1. The Balaban J connectivity index is 0.949. The number of rotatable bonds is 10.